The van der Waals surface area contributed by atoms with Crippen LogP contribution in [-0.2, 0) is 9.59 Å². The lowest BCUT2D eigenvalue weighted by Crippen LogP contribution is -2.29. The Kier molecular flexibility index (Phi) is 5.62. The number of methoxy groups -OCH3 is 1. The van der Waals surface area contributed by atoms with Gasteiger partial charge in [-0.3, -0.25) is 9.69 Å². The first-order valence-corrected chi connectivity index (χ1v) is 7.94. The highest BCUT2D eigenvalue weighted by Crippen LogP contribution is 2.34. The van der Waals surface area contributed by atoms with Gasteiger partial charge in [-0.2, -0.15) is 0 Å². The second kappa shape index (κ2) is 7.47. The normalized spacial score (nSPS) is 16.1. The first kappa shape index (κ1) is 17.3. The SMILES string of the molecule is CCN1C(=O)/C(=C\c2ccc(OCC(=O)[O-])c(OC)c2)SC1=S. The molecule has 0 atom stereocenters. The summed E-state index contributed by atoms with van der Waals surface area (Å²) in [6.07, 6.45) is 1.71. The van der Waals surface area contributed by atoms with Crippen molar-refractivity contribution in [3.8, 4) is 11.5 Å². The topological polar surface area (TPSA) is 78.9 Å². The van der Waals surface area contributed by atoms with Gasteiger partial charge in [-0.05, 0) is 30.7 Å². The van der Waals surface area contributed by atoms with E-state index in [2.05, 4.69) is 0 Å². The first-order chi connectivity index (χ1) is 11.0. The standard InChI is InChI=1S/C15H15NO5S2/c1-3-16-14(19)12(23-15(16)22)7-9-4-5-10(11(6-9)20-2)21-8-13(17)18/h4-7H,3,8H2,1-2H3,(H,17,18)/p-1/b12-7+. The molecule has 1 aliphatic heterocycles. The predicted octanol–water partition coefficient (Wildman–Crippen LogP) is 1.04. The largest absolute Gasteiger partial charge is 0.546 e. The number of thiocarbonyl (C=S) groups is 1. The van der Waals surface area contributed by atoms with Gasteiger partial charge in [0.1, 0.15) is 10.9 Å². The Morgan fingerprint density at radius 1 is 1.43 bits per heavy atom. The van der Waals surface area contributed by atoms with E-state index in [1.165, 1.54) is 23.8 Å². The number of nitrogens with zero attached hydrogens (tertiary/aromatic N) is 1. The average molecular weight is 352 g/mol. The minimum absolute atomic E-state index is 0.126. The van der Waals surface area contributed by atoms with Gasteiger partial charge in [-0.1, -0.05) is 30.0 Å². The van der Waals surface area contributed by atoms with E-state index in [-0.39, 0.29) is 11.7 Å². The molecule has 0 aliphatic carbocycles. The summed E-state index contributed by atoms with van der Waals surface area (Å²) in [5.41, 5.74) is 0.722. The van der Waals surface area contributed by atoms with Crippen LogP contribution in [0, 0.1) is 0 Å². The number of hydrogen-bond acceptors (Lipinski definition) is 7. The molecule has 0 saturated carbocycles. The van der Waals surface area contributed by atoms with Crippen LogP contribution >= 0.6 is 24.0 Å². The molecule has 0 N–H and O–H groups in total. The van der Waals surface area contributed by atoms with Crippen LogP contribution in [0.15, 0.2) is 23.1 Å². The molecule has 0 aromatic heterocycles. The third kappa shape index (κ3) is 4.02. The lowest BCUT2D eigenvalue weighted by atomic mass is 10.2. The van der Waals surface area contributed by atoms with Crippen molar-refractivity contribution in [1.29, 1.82) is 0 Å². The Labute approximate surface area is 143 Å². The molecule has 0 bridgehead atoms. The minimum Gasteiger partial charge on any atom is -0.546 e. The number of likely N-dealkylation sites (N-methyl/N-ethyl adjacent to an activating group) is 1. The summed E-state index contributed by atoms with van der Waals surface area (Å²) >= 11 is 6.40. The van der Waals surface area contributed by atoms with Gasteiger partial charge in [0.05, 0.1) is 18.0 Å². The van der Waals surface area contributed by atoms with Crippen LogP contribution in [0.3, 0.4) is 0 Å². The van der Waals surface area contributed by atoms with Crippen LogP contribution < -0.4 is 14.6 Å². The second-order valence-corrected chi connectivity index (χ2v) is 6.17. The molecule has 1 amide bonds. The maximum Gasteiger partial charge on any atom is 0.266 e. The molecule has 6 nitrogen and oxygen atoms in total. The molecule has 1 fully saturated rings. The molecule has 1 aromatic carbocycles. The molecule has 0 unspecified atom stereocenters. The van der Waals surface area contributed by atoms with Gasteiger partial charge < -0.3 is 19.4 Å². The van der Waals surface area contributed by atoms with E-state index < -0.39 is 12.6 Å². The predicted molar refractivity (Wildman–Crippen MR) is 89.0 cm³/mol. The fourth-order valence-electron chi connectivity index (χ4n) is 1.95. The van der Waals surface area contributed by atoms with Crippen LogP contribution in [0.25, 0.3) is 6.08 Å². The highest BCUT2D eigenvalue weighted by molar-refractivity contribution is 8.26. The summed E-state index contributed by atoms with van der Waals surface area (Å²) in [5.74, 6) is -0.793. The van der Waals surface area contributed by atoms with Gasteiger partial charge in [-0.15, -0.1) is 0 Å². The number of aliphatic carboxylic acids is 1. The lowest BCUT2D eigenvalue weighted by Gasteiger charge is -2.12. The number of hydrogen-bond donors (Lipinski definition) is 0. The zero-order valence-corrected chi connectivity index (χ0v) is 14.2. The molecule has 23 heavy (non-hydrogen) atoms. The van der Waals surface area contributed by atoms with Crippen molar-refractivity contribution in [3.05, 3.63) is 28.7 Å². The number of carboxylic acid groups (broad SMARTS) is 1. The Bertz CT molecular complexity index is 686. The Balaban J connectivity index is 2.24. The van der Waals surface area contributed by atoms with Gasteiger partial charge in [0.25, 0.3) is 5.91 Å². The van der Waals surface area contributed by atoms with Crippen LogP contribution in [0.2, 0.25) is 0 Å². The Hall–Kier alpha value is -2.06. The number of amides is 1. The van der Waals surface area contributed by atoms with E-state index in [0.717, 1.165) is 5.56 Å². The van der Waals surface area contributed by atoms with Crippen molar-refractivity contribution in [1.82, 2.24) is 4.90 Å². The maximum absolute atomic E-state index is 12.2. The molecule has 122 valence electrons. The molecule has 1 aromatic rings. The average Bonchev–Trinajstić information content (AvgIpc) is 2.79. The van der Waals surface area contributed by atoms with Crippen molar-refractivity contribution in [2.45, 2.75) is 6.92 Å². The summed E-state index contributed by atoms with van der Waals surface area (Å²) in [6.45, 7) is 1.83. The van der Waals surface area contributed by atoms with Gasteiger partial charge in [0.15, 0.2) is 11.5 Å². The molecule has 8 heteroatoms. The smallest absolute Gasteiger partial charge is 0.266 e. The van der Waals surface area contributed by atoms with E-state index in [9.17, 15) is 14.7 Å². The third-order valence-corrected chi connectivity index (χ3v) is 4.40. The number of carbonyl (C=O) groups excluding carboxylic acids is 2. The molecule has 1 heterocycles. The second-order valence-electron chi connectivity index (χ2n) is 4.50. The molecule has 1 aliphatic rings. The number of rotatable bonds is 6. The third-order valence-electron chi connectivity index (χ3n) is 3.02. The fourth-order valence-corrected chi connectivity index (χ4v) is 3.34. The zero-order valence-electron chi connectivity index (χ0n) is 12.5. The van der Waals surface area contributed by atoms with Gasteiger partial charge >= 0.3 is 0 Å². The number of thioether (sulfide) groups is 1. The van der Waals surface area contributed by atoms with Gasteiger partial charge in [-0.25, -0.2) is 0 Å². The summed E-state index contributed by atoms with van der Waals surface area (Å²) in [5, 5.41) is 10.5. The van der Waals surface area contributed by atoms with Crippen molar-refractivity contribution in [2.75, 3.05) is 20.3 Å². The quantitative estimate of drug-likeness (QED) is 0.559. The zero-order chi connectivity index (χ0) is 17.0. The van der Waals surface area contributed by atoms with Crippen molar-refractivity contribution < 1.29 is 24.2 Å². The highest BCUT2D eigenvalue weighted by Gasteiger charge is 2.30. The van der Waals surface area contributed by atoms with Crippen molar-refractivity contribution in [3.63, 3.8) is 0 Å². The number of carbonyl (C=O) groups is 2. The highest BCUT2D eigenvalue weighted by atomic mass is 32.2. The lowest BCUT2D eigenvalue weighted by molar-refractivity contribution is -0.307. The first-order valence-electron chi connectivity index (χ1n) is 6.72. The molecule has 1 saturated heterocycles. The van der Waals surface area contributed by atoms with Crippen LogP contribution in [0.1, 0.15) is 12.5 Å². The van der Waals surface area contributed by atoms with Gasteiger partial charge in [0.2, 0.25) is 0 Å². The molecule has 0 spiro atoms. The molecule has 0 radical (unpaired) electrons. The van der Waals surface area contributed by atoms with Crippen molar-refractivity contribution >= 4 is 46.3 Å². The summed E-state index contributed by atoms with van der Waals surface area (Å²) in [4.78, 5) is 24.7. The Morgan fingerprint density at radius 2 is 2.17 bits per heavy atom. The number of benzene rings is 1. The number of ether oxygens (including phenoxy) is 2. The Morgan fingerprint density at radius 3 is 2.74 bits per heavy atom. The van der Waals surface area contributed by atoms with E-state index in [1.54, 1.807) is 24.3 Å². The summed E-state index contributed by atoms with van der Waals surface area (Å²) in [6, 6.07) is 4.93. The minimum atomic E-state index is -1.32. The monoisotopic (exact) mass is 352 g/mol. The molecular weight excluding hydrogens is 338 g/mol. The fraction of sp³-hybridized carbons (Fsp3) is 0.267. The van der Waals surface area contributed by atoms with E-state index in [4.69, 9.17) is 21.7 Å². The van der Waals surface area contributed by atoms with Crippen LogP contribution in [-0.4, -0.2) is 41.4 Å². The van der Waals surface area contributed by atoms with E-state index in [0.29, 0.717) is 21.5 Å². The maximum atomic E-state index is 12.2. The van der Waals surface area contributed by atoms with Crippen LogP contribution in [0.4, 0.5) is 0 Å². The van der Waals surface area contributed by atoms with Crippen LogP contribution in [0.5, 0.6) is 11.5 Å². The molecular formula is C15H14NO5S2-. The summed E-state index contributed by atoms with van der Waals surface area (Å²) in [7, 11) is 1.45. The number of carboxylic acids is 1. The molecule has 2 rings (SSSR count). The van der Waals surface area contributed by atoms with E-state index >= 15 is 0 Å². The van der Waals surface area contributed by atoms with E-state index in [1.807, 2.05) is 6.92 Å². The van der Waals surface area contributed by atoms with Crippen molar-refractivity contribution in [2.24, 2.45) is 0 Å². The van der Waals surface area contributed by atoms with Gasteiger partial charge in [0, 0.05) is 6.54 Å². The summed E-state index contributed by atoms with van der Waals surface area (Å²) < 4.78 is 10.8.